The highest BCUT2D eigenvalue weighted by molar-refractivity contribution is 5.98. The van der Waals surface area contributed by atoms with E-state index < -0.39 is 22.8 Å². The van der Waals surface area contributed by atoms with Crippen molar-refractivity contribution >= 4 is 16.9 Å². The molecule has 0 amide bonds. The molecular formula is C18H15NO4. The molecule has 0 fully saturated rings. The number of carboxylic acid groups (broad SMARTS) is 1. The average Bonchev–Trinajstić information content (AvgIpc) is 2.53. The second-order valence-electron chi connectivity index (χ2n) is 5.41. The number of fused-ring (bicyclic) bond motifs is 1. The molecule has 0 atom stereocenters. The molecule has 116 valence electrons. The predicted octanol–water partition coefficient (Wildman–Crippen LogP) is 2.53. The molecule has 2 N–H and O–H groups in total. The number of aromatic hydroxyl groups is 1. The van der Waals surface area contributed by atoms with E-state index in [-0.39, 0.29) is 0 Å². The summed E-state index contributed by atoms with van der Waals surface area (Å²) in [7, 11) is 1.49. The lowest BCUT2D eigenvalue weighted by molar-refractivity contribution is 0.0691. The van der Waals surface area contributed by atoms with Crippen molar-refractivity contribution in [2.24, 2.45) is 7.05 Å². The lowest BCUT2D eigenvalue weighted by Gasteiger charge is -2.11. The van der Waals surface area contributed by atoms with Gasteiger partial charge in [-0.2, -0.15) is 0 Å². The van der Waals surface area contributed by atoms with Crippen LogP contribution in [-0.2, 0) is 13.5 Å². The van der Waals surface area contributed by atoms with Crippen LogP contribution < -0.4 is 5.56 Å². The smallest absolute Gasteiger partial charge is 0.345 e. The summed E-state index contributed by atoms with van der Waals surface area (Å²) in [6.45, 7) is 0. The summed E-state index contributed by atoms with van der Waals surface area (Å²) in [6.07, 6.45) is 0.654. The summed E-state index contributed by atoms with van der Waals surface area (Å²) in [5.41, 5.74) is 1.20. The summed E-state index contributed by atoms with van der Waals surface area (Å²) in [5, 5.41) is 19.7. The zero-order chi connectivity index (χ0) is 16.6. The van der Waals surface area contributed by atoms with E-state index in [1.807, 2.05) is 36.4 Å². The van der Waals surface area contributed by atoms with Gasteiger partial charge in [-0.1, -0.05) is 36.4 Å². The maximum atomic E-state index is 12.0. The van der Waals surface area contributed by atoms with Gasteiger partial charge in [0.2, 0.25) is 0 Å². The van der Waals surface area contributed by atoms with E-state index in [0.717, 1.165) is 11.1 Å². The van der Waals surface area contributed by atoms with E-state index in [4.69, 9.17) is 5.11 Å². The number of carboxylic acids is 1. The van der Waals surface area contributed by atoms with Crippen LogP contribution >= 0.6 is 0 Å². The normalized spacial score (nSPS) is 10.8. The quantitative estimate of drug-likeness (QED) is 0.779. The summed E-state index contributed by atoms with van der Waals surface area (Å²) < 4.78 is 1.24. The van der Waals surface area contributed by atoms with Crippen molar-refractivity contribution in [2.45, 2.75) is 6.42 Å². The number of carbonyl (C=O) groups is 1. The van der Waals surface area contributed by atoms with Crippen LogP contribution in [0.4, 0.5) is 0 Å². The van der Waals surface area contributed by atoms with E-state index in [1.165, 1.54) is 11.6 Å². The molecule has 0 aliphatic carbocycles. The van der Waals surface area contributed by atoms with Crippen LogP contribution in [0.2, 0.25) is 0 Å². The minimum absolute atomic E-state index is 0.359. The number of hydrogen-bond donors (Lipinski definition) is 2. The largest absolute Gasteiger partial charge is 0.506 e. The Morgan fingerprint density at radius 3 is 2.43 bits per heavy atom. The van der Waals surface area contributed by atoms with Gasteiger partial charge in [-0.25, -0.2) is 4.79 Å². The standard InChI is InChI=1S/C18H15NO4/c1-19-14-8-7-12(9-11-5-3-2-4-6-11)10-13(14)16(20)15(17(19)21)18(22)23/h2-8,10,20H,9H2,1H3,(H,22,23). The average molecular weight is 309 g/mol. The fourth-order valence-corrected chi connectivity index (χ4v) is 2.71. The van der Waals surface area contributed by atoms with E-state index in [0.29, 0.717) is 17.3 Å². The molecule has 0 saturated heterocycles. The molecule has 3 aromatic rings. The maximum absolute atomic E-state index is 12.0. The molecule has 0 aliphatic rings. The summed E-state index contributed by atoms with van der Waals surface area (Å²) in [5.74, 6) is -1.91. The zero-order valence-electron chi connectivity index (χ0n) is 12.5. The number of aromatic carboxylic acids is 1. The molecule has 0 radical (unpaired) electrons. The third-order valence-electron chi connectivity index (χ3n) is 3.90. The number of pyridine rings is 1. The van der Waals surface area contributed by atoms with Crippen molar-refractivity contribution in [2.75, 3.05) is 0 Å². The van der Waals surface area contributed by atoms with Gasteiger partial charge in [-0.15, -0.1) is 0 Å². The van der Waals surface area contributed by atoms with Crippen LogP contribution in [-0.4, -0.2) is 20.7 Å². The topological polar surface area (TPSA) is 79.5 Å². The number of aryl methyl sites for hydroxylation is 1. The predicted molar refractivity (Wildman–Crippen MR) is 87.1 cm³/mol. The molecule has 5 heteroatoms. The van der Waals surface area contributed by atoms with E-state index in [9.17, 15) is 14.7 Å². The molecule has 0 bridgehead atoms. The van der Waals surface area contributed by atoms with Gasteiger partial charge < -0.3 is 14.8 Å². The molecule has 23 heavy (non-hydrogen) atoms. The number of rotatable bonds is 3. The second kappa shape index (κ2) is 5.61. The first kappa shape index (κ1) is 14.8. The molecule has 0 saturated carbocycles. The first-order chi connectivity index (χ1) is 11.0. The fourth-order valence-electron chi connectivity index (χ4n) is 2.71. The number of aromatic nitrogens is 1. The Bertz CT molecular complexity index is 958. The second-order valence-corrected chi connectivity index (χ2v) is 5.41. The maximum Gasteiger partial charge on any atom is 0.345 e. The Morgan fingerprint density at radius 1 is 1.09 bits per heavy atom. The molecule has 0 spiro atoms. The number of hydrogen-bond acceptors (Lipinski definition) is 3. The van der Waals surface area contributed by atoms with Crippen molar-refractivity contribution in [1.29, 1.82) is 0 Å². The van der Waals surface area contributed by atoms with Gasteiger partial charge in [-0.3, -0.25) is 4.79 Å². The molecule has 0 aliphatic heterocycles. The van der Waals surface area contributed by atoms with Crippen molar-refractivity contribution in [3.05, 3.63) is 75.6 Å². The Labute approximate surface area is 132 Å². The Balaban J connectivity index is 2.19. The minimum atomic E-state index is -1.43. The van der Waals surface area contributed by atoms with Crippen LogP contribution in [0, 0.1) is 0 Å². The monoisotopic (exact) mass is 309 g/mol. The molecule has 5 nitrogen and oxygen atoms in total. The molecule has 1 heterocycles. The third-order valence-corrected chi connectivity index (χ3v) is 3.90. The molecule has 0 unspecified atom stereocenters. The minimum Gasteiger partial charge on any atom is -0.506 e. The fraction of sp³-hybridized carbons (Fsp3) is 0.111. The highest BCUT2D eigenvalue weighted by atomic mass is 16.4. The SMILES string of the molecule is Cn1c(=O)c(C(=O)O)c(O)c2cc(Cc3ccccc3)ccc21. The lowest BCUT2D eigenvalue weighted by atomic mass is 10.0. The third kappa shape index (κ3) is 2.57. The number of benzene rings is 2. The molecule has 1 aromatic heterocycles. The van der Waals surface area contributed by atoms with E-state index in [1.54, 1.807) is 12.1 Å². The van der Waals surface area contributed by atoms with E-state index in [2.05, 4.69) is 0 Å². The Hall–Kier alpha value is -3.08. The van der Waals surface area contributed by atoms with Gasteiger partial charge in [0.05, 0.1) is 5.52 Å². The highest BCUT2D eigenvalue weighted by Gasteiger charge is 2.20. The van der Waals surface area contributed by atoms with Crippen molar-refractivity contribution in [1.82, 2.24) is 4.57 Å². The summed E-state index contributed by atoms with van der Waals surface area (Å²) >= 11 is 0. The summed E-state index contributed by atoms with van der Waals surface area (Å²) in [4.78, 5) is 23.3. The summed E-state index contributed by atoms with van der Waals surface area (Å²) in [6, 6.07) is 15.1. The van der Waals surface area contributed by atoms with Crippen LogP contribution in [0.3, 0.4) is 0 Å². The van der Waals surface area contributed by atoms with Crippen LogP contribution in [0.5, 0.6) is 5.75 Å². The highest BCUT2D eigenvalue weighted by Crippen LogP contribution is 2.27. The van der Waals surface area contributed by atoms with Gasteiger partial charge in [0.15, 0.2) is 5.56 Å². The van der Waals surface area contributed by atoms with Crippen LogP contribution in [0.15, 0.2) is 53.3 Å². The van der Waals surface area contributed by atoms with Crippen molar-refractivity contribution in [3.8, 4) is 5.75 Å². The van der Waals surface area contributed by atoms with Crippen LogP contribution in [0.1, 0.15) is 21.5 Å². The van der Waals surface area contributed by atoms with Crippen LogP contribution in [0.25, 0.3) is 10.9 Å². The molecular weight excluding hydrogens is 294 g/mol. The van der Waals surface area contributed by atoms with Gasteiger partial charge >= 0.3 is 5.97 Å². The van der Waals surface area contributed by atoms with Crippen molar-refractivity contribution in [3.63, 3.8) is 0 Å². The van der Waals surface area contributed by atoms with Gasteiger partial charge in [0.25, 0.3) is 5.56 Å². The molecule has 2 aromatic carbocycles. The van der Waals surface area contributed by atoms with Gasteiger partial charge in [-0.05, 0) is 29.7 Å². The number of nitrogens with zero attached hydrogens (tertiary/aromatic N) is 1. The first-order valence-electron chi connectivity index (χ1n) is 7.11. The van der Waals surface area contributed by atoms with Gasteiger partial charge in [0, 0.05) is 12.4 Å². The molecule has 3 rings (SSSR count). The van der Waals surface area contributed by atoms with Crippen molar-refractivity contribution < 1.29 is 15.0 Å². The Kier molecular flexibility index (Phi) is 3.62. The zero-order valence-corrected chi connectivity index (χ0v) is 12.5. The van der Waals surface area contributed by atoms with E-state index >= 15 is 0 Å². The van der Waals surface area contributed by atoms with Gasteiger partial charge in [0.1, 0.15) is 5.75 Å². The lowest BCUT2D eigenvalue weighted by Crippen LogP contribution is -2.24. The first-order valence-corrected chi connectivity index (χ1v) is 7.11. The Morgan fingerprint density at radius 2 is 1.78 bits per heavy atom.